The molecule has 5 rings (SSSR count). The van der Waals surface area contributed by atoms with Gasteiger partial charge in [0.2, 0.25) is 0 Å². The number of aromatic nitrogens is 1. The van der Waals surface area contributed by atoms with Crippen LogP contribution in [0.3, 0.4) is 0 Å². The summed E-state index contributed by atoms with van der Waals surface area (Å²) in [6.45, 7) is 6.47. The fourth-order valence-corrected chi connectivity index (χ4v) is 5.76. The second kappa shape index (κ2) is 10.7. The maximum absolute atomic E-state index is 13.6. The molecule has 0 bridgehead atoms. The molecule has 1 aliphatic heterocycles. The van der Waals surface area contributed by atoms with Crippen molar-refractivity contribution in [3.63, 3.8) is 0 Å². The van der Waals surface area contributed by atoms with E-state index < -0.39 is 0 Å². The van der Waals surface area contributed by atoms with Gasteiger partial charge in [0.05, 0.1) is 6.54 Å². The number of benzene rings is 2. The Kier molecular flexibility index (Phi) is 7.23. The molecule has 194 valence electrons. The van der Waals surface area contributed by atoms with E-state index in [1.165, 1.54) is 31.3 Å². The third-order valence-electron chi connectivity index (χ3n) is 7.79. The second-order valence-corrected chi connectivity index (χ2v) is 10.5. The van der Waals surface area contributed by atoms with Gasteiger partial charge in [0.25, 0.3) is 11.5 Å². The van der Waals surface area contributed by atoms with Gasteiger partial charge in [-0.05, 0) is 97.2 Å². The van der Waals surface area contributed by atoms with Gasteiger partial charge in [0.15, 0.2) is 0 Å². The van der Waals surface area contributed by atoms with E-state index in [1.54, 1.807) is 6.07 Å². The van der Waals surface area contributed by atoms with E-state index in [9.17, 15) is 14.4 Å². The molecule has 3 aromatic rings. The summed E-state index contributed by atoms with van der Waals surface area (Å²) in [5, 5.41) is 2.98. The predicted molar refractivity (Wildman–Crippen MR) is 152 cm³/mol. The fourth-order valence-electron chi connectivity index (χ4n) is 5.76. The number of amides is 1. The molecule has 0 unspecified atom stereocenters. The summed E-state index contributed by atoms with van der Waals surface area (Å²) in [4.78, 5) is 45.0. The van der Waals surface area contributed by atoms with Crippen LogP contribution < -0.4 is 10.9 Å². The van der Waals surface area contributed by atoms with Crippen molar-refractivity contribution >= 4 is 24.5 Å². The van der Waals surface area contributed by atoms with E-state index in [0.717, 1.165) is 45.4 Å². The largest absolute Gasteiger partial charge is 0.348 e. The molecule has 38 heavy (non-hydrogen) atoms. The molecule has 6 heteroatoms. The van der Waals surface area contributed by atoms with Crippen molar-refractivity contribution in [1.82, 2.24) is 10.3 Å². The van der Waals surface area contributed by atoms with E-state index in [0.29, 0.717) is 29.2 Å². The van der Waals surface area contributed by atoms with E-state index in [2.05, 4.69) is 22.4 Å². The zero-order valence-corrected chi connectivity index (χ0v) is 22.2. The monoisotopic (exact) mass is 507 g/mol. The molecule has 2 aromatic carbocycles. The number of pyridine rings is 1. The highest BCUT2D eigenvalue weighted by atomic mass is 16.2. The molecule has 0 radical (unpaired) electrons. The first kappa shape index (κ1) is 25.6. The van der Waals surface area contributed by atoms with Gasteiger partial charge < -0.3 is 10.3 Å². The Bertz CT molecular complexity index is 1540. The number of hydrogen-bond acceptors (Lipinski definition) is 4. The maximum Gasteiger partial charge on any atom is 0.253 e. The number of aryl methyl sites for hydroxylation is 3. The fraction of sp³-hybridized carbons (Fsp3) is 0.312. The number of H-pyrrole nitrogens is 1. The van der Waals surface area contributed by atoms with Crippen molar-refractivity contribution in [1.29, 1.82) is 0 Å². The Labute approximate surface area is 222 Å². The Morgan fingerprint density at radius 2 is 1.87 bits per heavy atom. The first-order chi connectivity index (χ1) is 18.3. The molecular weight excluding hydrogens is 474 g/mol. The number of carbonyl (C=O) groups is 2. The lowest BCUT2D eigenvalue weighted by molar-refractivity contribution is 0.0950. The van der Waals surface area contributed by atoms with E-state index in [4.69, 9.17) is 4.99 Å². The van der Waals surface area contributed by atoms with Gasteiger partial charge >= 0.3 is 0 Å². The van der Waals surface area contributed by atoms with Gasteiger partial charge in [0, 0.05) is 40.7 Å². The molecule has 2 aliphatic rings. The quantitative estimate of drug-likeness (QED) is 0.418. The van der Waals surface area contributed by atoms with Gasteiger partial charge in [0.1, 0.15) is 6.29 Å². The van der Waals surface area contributed by atoms with Crippen molar-refractivity contribution in [3.8, 4) is 11.1 Å². The molecule has 0 atom stereocenters. The summed E-state index contributed by atoms with van der Waals surface area (Å²) in [6.07, 6.45) is 9.73. The summed E-state index contributed by atoms with van der Waals surface area (Å²) in [7, 11) is 0. The van der Waals surface area contributed by atoms with Crippen LogP contribution in [0.1, 0.15) is 79.9 Å². The number of carbonyl (C=O) groups excluding carboxylic acids is 2. The number of aromatic amines is 1. The van der Waals surface area contributed by atoms with Crippen LogP contribution in [-0.4, -0.2) is 29.9 Å². The number of nitrogens with one attached hydrogen (secondary N) is 2. The molecule has 1 amide bonds. The van der Waals surface area contributed by atoms with Crippen LogP contribution in [0.2, 0.25) is 0 Å². The number of aldehydes is 1. The molecule has 2 heterocycles. The zero-order chi connectivity index (χ0) is 26.8. The van der Waals surface area contributed by atoms with Gasteiger partial charge in [-0.1, -0.05) is 31.1 Å². The molecule has 2 N–H and O–H groups in total. The number of rotatable bonds is 6. The summed E-state index contributed by atoms with van der Waals surface area (Å²) in [6, 6.07) is 11.5. The summed E-state index contributed by atoms with van der Waals surface area (Å²) in [5.74, 6) is 0.276. The van der Waals surface area contributed by atoms with E-state index >= 15 is 0 Å². The third-order valence-corrected chi connectivity index (χ3v) is 7.79. The SMILES string of the molecule is Cc1cc(C)c(CNC(=O)c2cc(-c3ccc(C=O)cc3C)cc3c2C=NCC(C2CCCC2)=C3)c(=O)[nH]1. The van der Waals surface area contributed by atoms with Crippen LogP contribution in [0.25, 0.3) is 17.2 Å². The van der Waals surface area contributed by atoms with Crippen LogP contribution in [0.4, 0.5) is 0 Å². The Morgan fingerprint density at radius 3 is 2.58 bits per heavy atom. The minimum atomic E-state index is -0.256. The first-order valence-corrected chi connectivity index (χ1v) is 13.3. The number of nitrogens with zero attached hydrogens (tertiary/aromatic N) is 1. The molecule has 1 fully saturated rings. The van der Waals surface area contributed by atoms with Gasteiger partial charge in [-0.15, -0.1) is 0 Å². The zero-order valence-electron chi connectivity index (χ0n) is 22.2. The smallest absolute Gasteiger partial charge is 0.253 e. The Hall–Kier alpha value is -4.06. The highest BCUT2D eigenvalue weighted by Gasteiger charge is 2.23. The number of hydrogen-bond donors (Lipinski definition) is 2. The third kappa shape index (κ3) is 5.17. The average molecular weight is 508 g/mol. The van der Waals surface area contributed by atoms with Crippen molar-refractivity contribution in [2.45, 2.75) is 53.0 Å². The highest BCUT2D eigenvalue weighted by molar-refractivity contribution is 6.06. The number of aliphatic imine (C=N–C) groups is 1. The summed E-state index contributed by atoms with van der Waals surface area (Å²) >= 11 is 0. The lowest BCUT2D eigenvalue weighted by Gasteiger charge is -2.16. The molecule has 6 nitrogen and oxygen atoms in total. The van der Waals surface area contributed by atoms with Crippen LogP contribution in [0.15, 0.2) is 51.8 Å². The normalized spacial score (nSPS) is 15.1. The maximum atomic E-state index is 13.6. The Morgan fingerprint density at radius 1 is 1.08 bits per heavy atom. The van der Waals surface area contributed by atoms with Crippen molar-refractivity contribution in [2.75, 3.05) is 6.54 Å². The second-order valence-electron chi connectivity index (χ2n) is 10.5. The topological polar surface area (TPSA) is 91.4 Å². The first-order valence-electron chi connectivity index (χ1n) is 13.3. The molecule has 1 aliphatic carbocycles. The molecule has 1 aromatic heterocycles. The van der Waals surface area contributed by atoms with Crippen molar-refractivity contribution in [2.24, 2.45) is 10.9 Å². The molecular formula is C32H33N3O3. The van der Waals surface area contributed by atoms with Crippen LogP contribution in [0, 0.1) is 26.7 Å². The lowest BCUT2D eigenvalue weighted by atomic mass is 9.89. The minimum absolute atomic E-state index is 0.132. The van der Waals surface area contributed by atoms with Gasteiger partial charge in [-0.3, -0.25) is 19.4 Å². The van der Waals surface area contributed by atoms with Crippen LogP contribution >= 0.6 is 0 Å². The lowest BCUT2D eigenvalue weighted by Crippen LogP contribution is -2.28. The Balaban J connectivity index is 1.58. The number of fused-ring (bicyclic) bond motifs is 1. The van der Waals surface area contributed by atoms with Crippen molar-refractivity contribution < 1.29 is 9.59 Å². The van der Waals surface area contributed by atoms with E-state index in [1.807, 2.05) is 51.3 Å². The van der Waals surface area contributed by atoms with E-state index in [-0.39, 0.29) is 18.0 Å². The summed E-state index contributed by atoms with van der Waals surface area (Å²) in [5.41, 5.74) is 9.04. The van der Waals surface area contributed by atoms with Crippen LogP contribution in [0.5, 0.6) is 0 Å². The highest BCUT2D eigenvalue weighted by Crippen LogP contribution is 2.35. The average Bonchev–Trinajstić information content (AvgIpc) is 3.34. The van der Waals surface area contributed by atoms with Crippen molar-refractivity contribution in [3.05, 3.63) is 97.0 Å². The predicted octanol–water partition coefficient (Wildman–Crippen LogP) is 5.72. The summed E-state index contributed by atoms with van der Waals surface area (Å²) < 4.78 is 0. The molecule has 0 spiro atoms. The standard InChI is InChI=1S/C32H33N3O3/c1-19-10-21(3)35-32(38)29(19)17-34-31(37)28-14-25(27-9-8-22(18-36)11-20(27)2)12-24-13-26(15-33-16-30(24)28)23-6-4-5-7-23/h8-14,16,18,23H,4-7,15,17H2,1-3H3,(H,34,37)(H,35,38). The van der Waals surface area contributed by atoms with Gasteiger partial charge in [-0.25, -0.2) is 0 Å². The minimum Gasteiger partial charge on any atom is -0.348 e. The van der Waals surface area contributed by atoms with Crippen LogP contribution in [-0.2, 0) is 6.54 Å². The molecule has 0 saturated heterocycles. The molecule has 1 saturated carbocycles. The van der Waals surface area contributed by atoms with Gasteiger partial charge in [-0.2, -0.15) is 0 Å².